The topological polar surface area (TPSA) is 128 Å². The molecule has 0 aromatic heterocycles. The highest BCUT2D eigenvalue weighted by atomic mass is 32.2. The summed E-state index contributed by atoms with van der Waals surface area (Å²) in [4.78, 5) is 12.0. The van der Waals surface area contributed by atoms with Gasteiger partial charge in [0.25, 0.3) is 16.0 Å². The van der Waals surface area contributed by atoms with E-state index in [1.54, 1.807) is 12.1 Å². The first kappa shape index (κ1) is 17.6. The molecule has 2 rings (SSSR count). The molecule has 0 fully saturated rings. The summed E-state index contributed by atoms with van der Waals surface area (Å²) in [6.07, 6.45) is 0. The molecule has 0 saturated heterocycles. The lowest BCUT2D eigenvalue weighted by molar-refractivity contribution is 0.102. The van der Waals surface area contributed by atoms with Gasteiger partial charge in [-0.05, 0) is 24.3 Å². The molecule has 0 unspecified atom stereocenters. The van der Waals surface area contributed by atoms with Crippen molar-refractivity contribution in [1.82, 2.24) is 0 Å². The van der Waals surface area contributed by atoms with Gasteiger partial charge in [0.1, 0.15) is 5.75 Å². The van der Waals surface area contributed by atoms with Crippen molar-refractivity contribution in [2.45, 2.75) is 4.90 Å². The summed E-state index contributed by atoms with van der Waals surface area (Å²) in [6, 6.07) is 7.89. The number of nitrogens with two attached hydrogens (primary N) is 1. The Morgan fingerprint density at radius 2 is 1.75 bits per heavy atom. The van der Waals surface area contributed by atoms with Crippen molar-refractivity contribution in [2.75, 3.05) is 25.3 Å². The third kappa shape index (κ3) is 3.76. The second-order valence-corrected chi connectivity index (χ2v) is 6.17. The van der Waals surface area contributed by atoms with Gasteiger partial charge in [0.05, 0.1) is 30.5 Å². The van der Waals surface area contributed by atoms with Crippen LogP contribution < -0.4 is 20.5 Å². The first-order valence-electron chi connectivity index (χ1n) is 6.66. The van der Waals surface area contributed by atoms with Crippen LogP contribution in [0.2, 0.25) is 0 Å². The predicted molar refractivity (Wildman–Crippen MR) is 88.2 cm³/mol. The summed E-state index contributed by atoms with van der Waals surface area (Å²) in [7, 11) is -1.44. The molecule has 0 radical (unpaired) electrons. The number of anilines is 2. The van der Waals surface area contributed by atoms with Gasteiger partial charge in [-0.1, -0.05) is 0 Å². The number of methoxy groups -OCH3 is 2. The molecule has 0 aliphatic carbocycles. The third-order valence-electron chi connectivity index (χ3n) is 3.19. The highest BCUT2D eigenvalue weighted by molar-refractivity contribution is 7.85. The molecule has 0 heterocycles. The van der Waals surface area contributed by atoms with Crippen molar-refractivity contribution in [2.24, 2.45) is 0 Å². The molecular formula is C15H16N2O6S. The van der Waals surface area contributed by atoms with E-state index in [4.69, 9.17) is 19.8 Å². The number of carbonyl (C=O) groups excluding carboxylic acids is 1. The molecule has 0 aliphatic heterocycles. The Hall–Kier alpha value is -2.78. The van der Waals surface area contributed by atoms with Crippen LogP contribution in [0.15, 0.2) is 41.3 Å². The van der Waals surface area contributed by atoms with Gasteiger partial charge in [0.15, 0.2) is 5.75 Å². The molecule has 8 nitrogen and oxygen atoms in total. The zero-order chi connectivity index (χ0) is 17.9. The Bertz CT molecular complexity index is 862. The Morgan fingerprint density at radius 3 is 2.25 bits per heavy atom. The monoisotopic (exact) mass is 352 g/mol. The van der Waals surface area contributed by atoms with Gasteiger partial charge in [-0.15, -0.1) is 0 Å². The Balaban J connectivity index is 2.31. The van der Waals surface area contributed by atoms with Crippen molar-refractivity contribution in [3.63, 3.8) is 0 Å². The van der Waals surface area contributed by atoms with Crippen molar-refractivity contribution < 1.29 is 27.2 Å². The summed E-state index contributed by atoms with van der Waals surface area (Å²) in [5.41, 5.74) is 6.62. The lowest BCUT2D eigenvalue weighted by Crippen LogP contribution is -2.13. The van der Waals surface area contributed by atoms with E-state index in [0.29, 0.717) is 11.4 Å². The van der Waals surface area contributed by atoms with E-state index in [9.17, 15) is 13.2 Å². The van der Waals surface area contributed by atoms with Gasteiger partial charge in [-0.3, -0.25) is 9.35 Å². The molecule has 0 spiro atoms. The van der Waals surface area contributed by atoms with Crippen molar-refractivity contribution in [1.29, 1.82) is 0 Å². The summed E-state index contributed by atoms with van der Waals surface area (Å²) in [5, 5.41) is 2.62. The van der Waals surface area contributed by atoms with Crippen LogP contribution in [-0.2, 0) is 10.1 Å². The molecule has 24 heavy (non-hydrogen) atoms. The summed E-state index contributed by atoms with van der Waals surface area (Å²) in [5.74, 6) is 0.201. The molecule has 0 bridgehead atoms. The van der Waals surface area contributed by atoms with Gasteiger partial charge in [-0.25, -0.2) is 0 Å². The summed E-state index contributed by atoms with van der Waals surface area (Å²) < 4.78 is 41.2. The fourth-order valence-electron chi connectivity index (χ4n) is 2.04. The predicted octanol–water partition coefficient (Wildman–Crippen LogP) is 1.78. The standard InChI is InChI=1S/C15H16N2O6S/c1-22-10-7-12(16)14(23-2)13(8-10)17-15(18)9-3-5-11(6-4-9)24(19,20)21/h3-8H,16H2,1-2H3,(H,17,18)(H,19,20,21). The number of rotatable bonds is 5. The number of amides is 1. The Kier molecular flexibility index (Phi) is 4.96. The van der Waals surface area contributed by atoms with Crippen molar-refractivity contribution >= 4 is 27.4 Å². The molecule has 2 aromatic rings. The van der Waals surface area contributed by atoms with Crippen LogP contribution in [0.5, 0.6) is 11.5 Å². The average Bonchev–Trinajstić information content (AvgIpc) is 2.53. The molecule has 9 heteroatoms. The minimum atomic E-state index is -4.31. The van der Waals surface area contributed by atoms with E-state index < -0.39 is 16.0 Å². The normalized spacial score (nSPS) is 11.0. The molecule has 0 atom stereocenters. The third-order valence-corrected chi connectivity index (χ3v) is 4.06. The van der Waals surface area contributed by atoms with E-state index in [-0.39, 0.29) is 21.9 Å². The van der Waals surface area contributed by atoms with Crippen LogP contribution in [-0.4, -0.2) is 33.1 Å². The van der Waals surface area contributed by atoms with Gasteiger partial charge in [0, 0.05) is 17.7 Å². The van der Waals surface area contributed by atoms with Crippen LogP contribution >= 0.6 is 0 Å². The number of hydrogen-bond acceptors (Lipinski definition) is 6. The van der Waals surface area contributed by atoms with E-state index in [0.717, 1.165) is 12.1 Å². The highest BCUT2D eigenvalue weighted by Crippen LogP contribution is 2.35. The van der Waals surface area contributed by atoms with Crippen LogP contribution in [0, 0.1) is 0 Å². The van der Waals surface area contributed by atoms with Crippen LogP contribution in [0.3, 0.4) is 0 Å². The molecule has 2 aromatic carbocycles. The zero-order valence-electron chi connectivity index (χ0n) is 12.9. The molecular weight excluding hydrogens is 336 g/mol. The first-order valence-corrected chi connectivity index (χ1v) is 8.10. The van der Waals surface area contributed by atoms with Crippen molar-refractivity contribution in [3.8, 4) is 11.5 Å². The molecule has 0 saturated carbocycles. The quantitative estimate of drug-likeness (QED) is 0.553. The van der Waals surface area contributed by atoms with Crippen LogP contribution in [0.4, 0.5) is 11.4 Å². The fourth-order valence-corrected chi connectivity index (χ4v) is 2.52. The Morgan fingerprint density at radius 1 is 1.12 bits per heavy atom. The minimum absolute atomic E-state index is 0.186. The number of nitrogen functional groups attached to an aromatic ring is 1. The van der Waals surface area contributed by atoms with Crippen molar-refractivity contribution in [3.05, 3.63) is 42.0 Å². The highest BCUT2D eigenvalue weighted by Gasteiger charge is 2.15. The average molecular weight is 352 g/mol. The van der Waals surface area contributed by atoms with Gasteiger partial charge in [0.2, 0.25) is 0 Å². The number of benzene rings is 2. The number of ether oxygens (including phenoxy) is 2. The number of nitrogens with one attached hydrogen (secondary N) is 1. The second kappa shape index (κ2) is 6.77. The zero-order valence-corrected chi connectivity index (χ0v) is 13.8. The fraction of sp³-hybridized carbons (Fsp3) is 0.133. The number of hydrogen-bond donors (Lipinski definition) is 3. The molecule has 4 N–H and O–H groups in total. The second-order valence-electron chi connectivity index (χ2n) is 4.75. The van der Waals surface area contributed by atoms with Crippen LogP contribution in [0.25, 0.3) is 0 Å². The summed E-state index contributed by atoms with van der Waals surface area (Å²) >= 11 is 0. The Labute approximate surface area is 138 Å². The van der Waals surface area contributed by atoms with E-state index >= 15 is 0 Å². The molecule has 0 aliphatic rings. The van der Waals surface area contributed by atoms with Gasteiger partial charge >= 0.3 is 0 Å². The molecule has 1 amide bonds. The lowest BCUT2D eigenvalue weighted by Gasteiger charge is -2.14. The van der Waals surface area contributed by atoms with E-state index in [2.05, 4.69) is 5.32 Å². The maximum absolute atomic E-state index is 12.3. The number of carbonyl (C=O) groups is 1. The smallest absolute Gasteiger partial charge is 0.294 e. The largest absolute Gasteiger partial charge is 0.497 e. The maximum Gasteiger partial charge on any atom is 0.294 e. The minimum Gasteiger partial charge on any atom is -0.497 e. The van der Waals surface area contributed by atoms with Gasteiger partial charge in [-0.2, -0.15) is 8.42 Å². The molecule has 128 valence electrons. The van der Waals surface area contributed by atoms with Crippen LogP contribution in [0.1, 0.15) is 10.4 Å². The van der Waals surface area contributed by atoms with E-state index in [1.165, 1.54) is 26.4 Å². The van der Waals surface area contributed by atoms with E-state index in [1.807, 2.05) is 0 Å². The lowest BCUT2D eigenvalue weighted by atomic mass is 10.2. The summed E-state index contributed by atoms with van der Waals surface area (Å²) in [6.45, 7) is 0. The maximum atomic E-state index is 12.3. The van der Waals surface area contributed by atoms with Gasteiger partial charge < -0.3 is 20.5 Å². The first-order chi connectivity index (χ1) is 11.3. The SMILES string of the molecule is COc1cc(N)c(OC)c(NC(=O)c2ccc(S(=O)(=O)O)cc2)c1.